The molecule has 0 bridgehead atoms. The number of fused-ring (bicyclic) bond motifs is 1. The Balaban J connectivity index is 2.17. The zero-order valence-corrected chi connectivity index (χ0v) is 14.4. The average molecular weight is 313 g/mol. The Labute approximate surface area is 137 Å². The molecule has 1 aliphatic carbocycles. The van der Waals surface area contributed by atoms with Crippen molar-refractivity contribution in [3.8, 4) is 17.2 Å². The molecule has 3 rings (SSSR count). The molecule has 1 aromatic heterocycles. The maximum atomic E-state index is 12.5. The molecule has 23 heavy (non-hydrogen) atoms. The van der Waals surface area contributed by atoms with Gasteiger partial charge in [0.2, 0.25) is 0 Å². The van der Waals surface area contributed by atoms with Crippen LogP contribution in [-0.2, 0) is 6.42 Å². The van der Waals surface area contributed by atoms with Gasteiger partial charge in [0.25, 0.3) is 0 Å². The van der Waals surface area contributed by atoms with Gasteiger partial charge in [-0.05, 0) is 37.0 Å². The summed E-state index contributed by atoms with van der Waals surface area (Å²) in [5.74, 6) is 1.62. The van der Waals surface area contributed by atoms with Gasteiger partial charge in [-0.2, -0.15) is 0 Å². The van der Waals surface area contributed by atoms with Gasteiger partial charge >= 0.3 is 0 Å². The van der Waals surface area contributed by atoms with Gasteiger partial charge in [-0.15, -0.1) is 0 Å². The zero-order chi connectivity index (χ0) is 16.8. The summed E-state index contributed by atoms with van der Waals surface area (Å²) in [5.41, 5.74) is 4.00. The smallest absolute Gasteiger partial charge is 0.165 e. The third-order valence-electron chi connectivity index (χ3n) is 4.50. The Morgan fingerprint density at radius 3 is 2.39 bits per heavy atom. The van der Waals surface area contributed by atoms with Crippen molar-refractivity contribution in [3.05, 3.63) is 41.2 Å². The predicted molar refractivity (Wildman–Crippen MR) is 90.0 cm³/mol. The Kier molecular flexibility index (Phi) is 3.71. The highest BCUT2D eigenvalue weighted by Gasteiger charge is 2.34. The second-order valence-electron chi connectivity index (χ2n) is 6.96. The Morgan fingerprint density at radius 2 is 1.74 bits per heavy atom. The molecule has 0 amide bonds. The molecule has 0 N–H and O–H groups in total. The van der Waals surface area contributed by atoms with Crippen LogP contribution in [0.25, 0.3) is 5.69 Å². The minimum absolute atomic E-state index is 0.0107. The van der Waals surface area contributed by atoms with Gasteiger partial charge in [0, 0.05) is 35.1 Å². The lowest BCUT2D eigenvalue weighted by Crippen LogP contribution is -2.27. The number of rotatable bonds is 3. The van der Waals surface area contributed by atoms with Gasteiger partial charge in [-0.3, -0.25) is 4.79 Å². The summed E-state index contributed by atoms with van der Waals surface area (Å²) in [5, 5.41) is 0. The number of ketones is 1. The molecule has 2 aromatic rings. The second kappa shape index (κ2) is 5.44. The van der Waals surface area contributed by atoms with Crippen LogP contribution in [0, 0.1) is 12.3 Å². The van der Waals surface area contributed by atoms with Gasteiger partial charge in [-0.25, -0.2) is 0 Å². The van der Waals surface area contributed by atoms with E-state index in [2.05, 4.69) is 18.4 Å². The molecule has 0 spiro atoms. The molecule has 0 aliphatic heterocycles. The summed E-state index contributed by atoms with van der Waals surface area (Å²) in [6, 6.07) is 7.86. The van der Waals surface area contributed by atoms with Gasteiger partial charge in [-0.1, -0.05) is 13.8 Å². The first kappa shape index (κ1) is 15.7. The van der Waals surface area contributed by atoms with E-state index in [4.69, 9.17) is 9.47 Å². The van der Waals surface area contributed by atoms with Crippen LogP contribution in [0.5, 0.6) is 11.5 Å². The SMILES string of the molecule is COc1ccc(-n2c(C)cc3c2CC(C)(C)CC3=O)cc1OC. The second-order valence-corrected chi connectivity index (χ2v) is 6.96. The van der Waals surface area contributed by atoms with E-state index in [0.29, 0.717) is 17.9 Å². The first-order valence-electron chi connectivity index (χ1n) is 7.83. The molecular formula is C19H23NO3. The molecule has 0 atom stereocenters. The molecule has 122 valence electrons. The number of benzene rings is 1. The molecule has 4 nitrogen and oxygen atoms in total. The van der Waals surface area contributed by atoms with E-state index in [-0.39, 0.29) is 11.2 Å². The standard InChI is InChI=1S/C19H23NO3/c1-12-8-14-15(10-19(2,3)11-16(14)21)20(12)13-6-7-17(22-4)18(9-13)23-5/h6-9H,10-11H2,1-5H3. The maximum Gasteiger partial charge on any atom is 0.165 e. The third kappa shape index (κ3) is 2.62. The number of Topliss-reactive ketones (excluding diaryl/α,β-unsaturated/α-hetero) is 1. The minimum Gasteiger partial charge on any atom is -0.493 e. The fourth-order valence-corrected chi connectivity index (χ4v) is 3.47. The zero-order valence-electron chi connectivity index (χ0n) is 14.4. The molecule has 0 saturated carbocycles. The van der Waals surface area contributed by atoms with Crippen molar-refractivity contribution in [3.63, 3.8) is 0 Å². The van der Waals surface area contributed by atoms with Crippen LogP contribution in [-0.4, -0.2) is 24.6 Å². The van der Waals surface area contributed by atoms with Crippen molar-refractivity contribution in [2.75, 3.05) is 14.2 Å². The summed E-state index contributed by atoms with van der Waals surface area (Å²) in [7, 11) is 3.26. The largest absolute Gasteiger partial charge is 0.493 e. The van der Waals surface area contributed by atoms with Crippen molar-refractivity contribution in [2.45, 2.75) is 33.6 Å². The molecule has 1 aliphatic rings. The summed E-state index contributed by atoms with van der Waals surface area (Å²) in [6.07, 6.45) is 1.49. The van der Waals surface area contributed by atoms with Crippen molar-refractivity contribution in [1.82, 2.24) is 4.57 Å². The highest BCUT2D eigenvalue weighted by atomic mass is 16.5. The van der Waals surface area contributed by atoms with Crippen molar-refractivity contribution in [1.29, 1.82) is 0 Å². The first-order valence-corrected chi connectivity index (χ1v) is 7.83. The van der Waals surface area contributed by atoms with E-state index in [1.165, 1.54) is 0 Å². The molecule has 4 heteroatoms. The lowest BCUT2D eigenvalue weighted by molar-refractivity contribution is 0.0911. The Morgan fingerprint density at radius 1 is 1.04 bits per heavy atom. The molecule has 0 radical (unpaired) electrons. The Bertz CT molecular complexity index is 771. The van der Waals surface area contributed by atoms with Crippen LogP contribution in [0.15, 0.2) is 24.3 Å². The predicted octanol–water partition coefficient (Wildman–Crippen LogP) is 3.96. The number of carbonyl (C=O) groups excluding carboxylic acids is 1. The summed E-state index contributed by atoms with van der Waals surface area (Å²) >= 11 is 0. The van der Waals surface area contributed by atoms with Crippen molar-refractivity contribution >= 4 is 5.78 Å². The Hall–Kier alpha value is -2.23. The summed E-state index contributed by atoms with van der Waals surface area (Å²) in [4.78, 5) is 12.5. The number of ether oxygens (including phenoxy) is 2. The summed E-state index contributed by atoms with van der Waals surface area (Å²) < 4.78 is 12.9. The minimum atomic E-state index is -0.0107. The molecule has 0 saturated heterocycles. The van der Waals surface area contributed by atoms with E-state index < -0.39 is 0 Å². The molecule has 0 unspecified atom stereocenters. The molecule has 1 heterocycles. The normalized spacial score (nSPS) is 16.1. The van der Waals surface area contributed by atoms with Gasteiger partial charge in [0.1, 0.15) is 0 Å². The molecule has 0 fully saturated rings. The lowest BCUT2D eigenvalue weighted by Gasteiger charge is -2.30. The number of aromatic nitrogens is 1. The van der Waals surface area contributed by atoms with Crippen LogP contribution in [0.3, 0.4) is 0 Å². The molecule has 1 aromatic carbocycles. The number of aryl methyl sites for hydroxylation is 1. The van der Waals surface area contributed by atoms with Crippen LogP contribution in [0.1, 0.15) is 42.0 Å². The van der Waals surface area contributed by atoms with Crippen molar-refractivity contribution < 1.29 is 14.3 Å². The fraction of sp³-hybridized carbons (Fsp3) is 0.421. The highest BCUT2D eigenvalue weighted by Crippen LogP contribution is 2.38. The topological polar surface area (TPSA) is 40.5 Å². The quantitative estimate of drug-likeness (QED) is 0.861. The first-order chi connectivity index (χ1) is 10.9. The molecular weight excluding hydrogens is 290 g/mol. The number of methoxy groups -OCH3 is 2. The maximum absolute atomic E-state index is 12.5. The monoisotopic (exact) mass is 313 g/mol. The van der Waals surface area contributed by atoms with Crippen LogP contribution >= 0.6 is 0 Å². The van der Waals surface area contributed by atoms with Crippen LogP contribution in [0.4, 0.5) is 0 Å². The van der Waals surface area contributed by atoms with Gasteiger partial charge < -0.3 is 14.0 Å². The number of nitrogens with zero attached hydrogens (tertiary/aromatic N) is 1. The number of hydrogen-bond donors (Lipinski definition) is 0. The van der Waals surface area contributed by atoms with E-state index in [0.717, 1.165) is 29.1 Å². The van der Waals surface area contributed by atoms with Crippen LogP contribution < -0.4 is 9.47 Å². The van der Waals surface area contributed by atoms with Crippen LogP contribution in [0.2, 0.25) is 0 Å². The summed E-state index contributed by atoms with van der Waals surface area (Å²) in [6.45, 7) is 6.33. The number of carbonyl (C=O) groups is 1. The average Bonchev–Trinajstić information content (AvgIpc) is 2.81. The highest BCUT2D eigenvalue weighted by molar-refractivity contribution is 5.99. The van der Waals surface area contributed by atoms with E-state index in [1.807, 2.05) is 31.2 Å². The fourth-order valence-electron chi connectivity index (χ4n) is 3.47. The van der Waals surface area contributed by atoms with Gasteiger partial charge in [0.15, 0.2) is 17.3 Å². The van der Waals surface area contributed by atoms with Crippen molar-refractivity contribution in [2.24, 2.45) is 5.41 Å². The van der Waals surface area contributed by atoms with E-state index in [9.17, 15) is 4.79 Å². The van der Waals surface area contributed by atoms with Gasteiger partial charge in [0.05, 0.1) is 14.2 Å². The third-order valence-corrected chi connectivity index (χ3v) is 4.50. The lowest BCUT2D eigenvalue weighted by atomic mass is 9.76. The number of hydrogen-bond acceptors (Lipinski definition) is 3. The van der Waals surface area contributed by atoms with E-state index >= 15 is 0 Å². The van der Waals surface area contributed by atoms with E-state index in [1.54, 1.807) is 14.2 Å².